The standard InChI is InChI=1S/C26H40N2O6S2/c1-5-17-27(18-6-2)34-35(29)26-15-9-23(10-16-26)21-31-22-32-24-11-13-25(14-12-24)33-36(30)28(19-7-3)20-8-4/h9-16H,5-8,17-22H2,1-4H3/t35-,36-/m0/s1. The highest BCUT2D eigenvalue weighted by Crippen LogP contribution is 2.19. The molecule has 0 unspecified atom stereocenters. The van der Waals surface area contributed by atoms with E-state index in [1.54, 1.807) is 41.5 Å². The highest BCUT2D eigenvalue weighted by Gasteiger charge is 2.14. The molecule has 0 aliphatic heterocycles. The van der Waals surface area contributed by atoms with Gasteiger partial charge in [0.15, 0.2) is 6.79 Å². The van der Waals surface area contributed by atoms with Crippen molar-refractivity contribution in [1.82, 2.24) is 9.37 Å². The molecule has 2 atom stereocenters. The Morgan fingerprint density at radius 1 is 0.722 bits per heavy atom. The number of nitrogens with zero attached hydrogens (tertiary/aromatic N) is 2. The van der Waals surface area contributed by atoms with Gasteiger partial charge in [-0.3, -0.25) is 0 Å². The monoisotopic (exact) mass is 540 g/mol. The first-order chi connectivity index (χ1) is 17.5. The van der Waals surface area contributed by atoms with Crippen molar-refractivity contribution in [3.05, 3.63) is 54.1 Å². The maximum absolute atomic E-state index is 12.5. The average Bonchev–Trinajstić information content (AvgIpc) is 2.88. The molecule has 0 fully saturated rings. The number of rotatable bonds is 19. The normalized spacial score (nSPS) is 13.2. The number of ether oxygens (including phenoxy) is 2. The molecule has 0 heterocycles. The molecule has 10 heteroatoms. The molecule has 2 aromatic carbocycles. The van der Waals surface area contributed by atoms with Crippen molar-refractivity contribution in [2.24, 2.45) is 0 Å². The Bertz CT molecular complexity index is 900. The van der Waals surface area contributed by atoms with Crippen LogP contribution >= 0.6 is 0 Å². The maximum atomic E-state index is 12.5. The van der Waals surface area contributed by atoms with E-state index in [0.717, 1.165) is 57.4 Å². The smallest absolute Gasteiger partial charge is 0.290 e. The van der Waals surface area contributed by atoms with Gasteiger partial charge < -0.3 is 13.7 Å². The van der Waals surface area contributed by atoms with Crippen molar-refractivity contribution in [2.45, 2.75) is 64.9 Å². The van der Waals surface area contributed by atoms with Gasteiger partial charge in [-0.05, 0) is 67.6 Å². The predicted octanol–water partition coefficient (Wildman–Crippen LogP) is 5.40. The Morgan fingerprint density at radius 2 is 1.28 bits per heavy atom. The third kappa shape index (κ3) is 11.1. The van der Waals surface area contributed by atoms with Crippen molar-refractivity contribution in [1.29, 1.82) is 0 Å². The minimum atomic E-state index is -1.54. The lowest BCUT2D eigenvalue weighted by atomic mass is 10.2. The molecule has 36 heavy (non-hydrogen) atoms. The van der Waals surface area contributed by atoms with Crippen LogP contribution in [0.25, 0.3) is 0 Å². The first kappa shape index (κ1) is 30.4. The van der Waals surface area contributed by atoms with Crippen LogP contribution < -0.4 is 8.92 Å². The molecule has 0 saturated heterocycles. The molecule has 0 bridgehead atoms. The second-order valence-electron chi connectivity index (χ2n) is 8.19. The predicted molar refractivity (Wildman–Crippen MR) is 144 cm³/mol. The highest BCUT2D eigenvalue weighted by molar-refractivity contribution is 7.80. The number of hydrogen-bond donors (Lipinski definition) is 0. The van der Waals surface area contributed by atoms with Gasteiger partial charge in [0.05, 0.1) is 11.5 Å². The van der Waals surface area contributed by atoms with Gasteiger partial charge in [0.2, 0.25) is 11.1 Å². The molecule has 2 aromatic rings. The number of hydroxylamine groups is 2. The minimum absolute atomic E-state index is 0.0761. The lowest BCUT2D eigenvalue weighted by Crippen LogP contribution is -2.30. The minimum Gasteiger partial charge on any atom is -0.468 e. The quantitative estimate of drug-likeness (QED) is 0.134. The van der Waals surface area contributed by atoms with Gasteiger partial charge in [0.1, 0.15) is 11.5 Å². The van der Waals surface area contributed by atoms with Crippen LogP contribution in [0, 0.1) is 0 Å². The molecule has 0 radical (unpaired) electrons. The molecule has 0 saturated carbocycles. The summed E-state index contributed by atoms with van der Waals surface area (Å²) in [5.41, 5.74) is 0.938. The molecule has 0 amide bonds. The topological polar surface area (TPSA) is 77.5 Å². The summed E-state index contributed by atoms with van der Waals surface area (Å²) in [6.07, 6.45) is 3.70. The first-order valence-electron chi connectivity index (χ1n) is 12.6. The van der Waals surface area contributed by atoms with E-state index in [9.17, 15) is 8.42 Å². The Hall–Kier alpha value is -1.82. The molecule has 0 N–H and O–H groups in total. The highest BCUT2D eigenvalue weighted by atomic mass is 32.2. The Kier molecular flexibility index (Phi) is 14.9. The summed E-state index contributed by atoms with van der Waals surface area (Å²) < 4.78 is 49.1. The van der Waals surface area contributed by atoms with Crippen molar-refractivity contribution in [3.8, 4) is 11.5 Å². The van der Waals surface area contributed by atoms with Gasteiger partial charge in [-0.1, -0.05) is 39.8 Å². The van der Waals surface area contributed by atoms with Crippen molar-refractivity contribution in [3.63, 3.8) is 0 Å². The zero-order valence-electron chi connectivity index (χ0n) is 21.9. The van der Waals surface area contributed by atoms with Crippen LogP contribution in [0.3, 0.4) is 0 Å². The summed E-state index contributed by atoms with van der Waals surface area (Å²) in [6.45, 7) is 11.6. The number of hydrogen-bond acceptors (Lipinski definition) is 7. The molecule has 0 aromatic heterocycles. The van der Waals surface area contributed by atoms with Gasteiger partial charge in [0.25, 0.3) is 11.3 Å². The summed E-state index contributed by atoms with van der Waals surface area (Å²) >= 11 is -3.05. The van der Waals surface area contributed by atoms with Crippen LogP contribution in [0.1, 0.15) is 58.9 Å². The molecular weight excluding hydrogens is 500 g/mol. The number of benzene rings is 2. The van der Waals surface area contributed by atoms with E-state index in [0.29, 0.717) is 23.0 Å². The molecule has 8 nitrogen and oxygen atoms in total. The van der Waals surface area contributed by atoms with Crippen LogP contribution in [0.2, 0.25) is 0 Å². The third-order valence-corrected chi connectivity index (χ3v) is 7.09. The largest absolute Gasteiger partial charge is 0.468 e. The summed E-state index contributed by atoms with van der Waals surface area (Å²) in [6, 6.07) is 14.3. The fourth-order valence-corrected chi connectivity index (χ4v) is 5.11. The second kappa shape index (κ2) is 17.6. The van der Waals surface area contributed by atoms with Crippen LogP contribution in [-0.2, 0) is 38.0 Å². The fraction of sp³-hybridized carbons (Fsp3) is 0.538. The molecule has 0 aliphatic rings. The third-order valence-electron chi connectivity index (χ3n) is 4.96. The van der Waals surface area contributed by atoms with Crippen molar-refractivity contribution >= 4 is 22.3 Å². The van der Waals surface area contributed by atoms with Crippen molar-refractivity contribution < 1.29 is 26.4 Å². The van der Waals surface area contributed by atoms with Gasteiger partial charge in [0, 0.05) is 26.2 Å². The van der Waals surface area contributed by atoms with Crippen LogP contribution in [-0.4, -0.2) is 50.8 Å². The van der Waals surface area contributed by atoms with Gasteiger partial charge in [-0.15, -0.1) is 0 Å². The summed E-state index contributed by atoms with van der Waals surface area (Å²) in [5, 5.41) is 1.76. The summed E-state index contributed by atoms with van der Waals surface area (Å²) in [4.78, 5) is 0.614. The van der Waals surface area contributed by atoms with E-state index < -0.39 is 22.3 Å². The van der Waals surface area contributed by atoms with E-state index in [1.807, 2.05) is 16.4 Å². The van der Waals surface area contributed by atoms with Gasteiger partial charge >= 0.3 is 0 Å². The maximum Gasteiger partial charge on any atom is 0.290 e. The Balaban J connectivity index is 1.75. The SMILES string of the molecule is CCCN(CCC)O[S@](=O)c1ccc(COCOc2ccc(O[S@](=O)N(CCC)CCC)cc2)cc1. The lowest BCUT2D eigenvalue weighted by molar-refractivity contribution is -0.0443. The van der Waals surface area contributed by atoms with E-state index in [2.05, 4.69) is 27.7 Å². The Morgan fingerprint density at radius 3 is 1.83 bits per heavy atom. The zero-order valence-corrected chi connectivity index (χ0v) is 23.5. The molecule has 0 spiro atoms. The van der Waals surface area contributed by atoms with Crippen molar-refractivity contribution in [2.75, 3.05) is 33.0 Å². The zero-order chi connectivity index (χ0) is 26.2. The molecular formula is C26H40N2O6S2. The van der Waals surface area contributed by atoms with Gasteiger partial charge in [-0.2, -0.15) is 17.9 Å². The van der Waals surface area contributed by atoms with E-state index >= 15 is 0 Å². The average molecular weight is 541 g/mol. The Labute approximate surface area is 221 Å². The first-order valence-corrected chi connectivity index (χ1v) is 14.7. The molecule has 202 valence electrons. The van der Waals surface area contributed by atoms with Crippen LogP contribution in [0.5, 0.6) is 11.5 Å². The fourth-order valence-electron chi connectivity index (χ4n) is 3.28. The van der Waals surface area contributed by atoms with E-state index in [4.69, 9.17) is 17.9 Å². The van der Waals surface area contributed by atoms with Crippen LogP contribution in [0.4, 0.5) is 0 Å². The summed E-state index contributed by atoms with van der Waals surface area (Å²) in [7, 11) is 0. The van der Waals surface area contributed by atoms with E-state index in [-0.39, 0.29) is 6.79 Å². The second-order valence-corrected chi connectivity index (χ2v) is 10.4. The molecule has 0 aliphatic carbocycles. The lowest BCUT2D eigenvalue weighted by Gasteiger charge is -2.19. The summed E-state index contributed by atoms with van der Waals surface area (Å²) in [5.74, 6) is 1.14. The van der Waals surface area contributed by atoms with E-state index in [1.165, 1.54) is 0 Å². The molecule has 2 rings (SSSR count). The van der Waals surface area contributed by atoms with Gasteiger partial charge in [-0.25, -0.2) is 4.21 Å². The van der Waals surface area contributed by atoms with Crippen LogP contribution in [0.15, 0.2) is 53.4 Å².